The topological polar surface area (TPSA) is 97.6 Å². The number of hydrogen-bond acceptors (Lipinski definition) is 6. The van der Waals surface area contributed by atoms with Crippen LogP contribution in [0.2, 0.25) is 0 Å². The molecule has 0 radical (unpaired) electrons. The Morgan fingerprint density at radius 1 is 0.824 bits per heavy atom. The number of aromatic nitrogens is 5. The third-order valence-electron chi connectivity index (χ3n) is 5.45. The number of anilines is 1. The summed E-state index contributed by atoms with van der Waals surface area (Å²) in [4.78, 5) is 20.8. The van der Waals surface area contributed by atoms with Gasteiger partial charge >= 0.3 is 0 Å². The fourth-order valence-corrected chi connectivity index (χ4v) is 3.76. The SMILES string of the molecule is O=C(Cc1cn(-c2ccc(NCc3cccnc3)nn2)c2ccccc12)NCc1cccnc1. The number of rotatable bonds is 8. The molecule has 4 heterocycles. The molecule has 0 aliphatic carbocycles. The van der Waals surface area contributed by atoms with Gasteiger partial charge in [0.25, 0.3) is 0 Å². The largest absolute Gasteiger partial charge is 0.364 e. The maximum Gasteiger partial charge on any atom is 0.224 e. The van der Waals surface area contributed by atoms with E-state index in [1.807, 2.05) is 77.6 Å². The molecule has 2 N–H and O–H groups in total. The second-order valence-corrected chi connectivity index (χ2v) is 7.85. The number of carbonyl (C=O) groups excluding carboxylic acids is 1. The van der Waals surface area contributed by atoms with Gasteiger partial charge in [-0.2, -0.15) is 0 Å². The lowest BCUT2D eigenvalue weighted by Gasteiger charge is -2.07. The predicted molar refractivity (Wildman–Crippen MR) is 130 cm³/mol. The lowest BCUT2D eigenvalue weighted by Crippen LogP contribution is -2.24. The minimum atomic E-state index is -0.0483. The molecular weight excluding hydrogens is 426 g/mol. The van der Waals surface area contributed by atoms with Crippen LogP contribution in [0.4, 0.5) is 5.82 Å². The first kappa shape index (κ1) is 21.3. The van der Waals surface area contributed by atoms with Crippen LogP contribution >= 0.6 is 0 Å². The number of nitrogens with zero attached hydrogens (tertiary/aromatic N) is 5. The first-order valence-corrected chi connectivity index (χ1v) is 11.0. The van der Waals surface area contributed by atoms with Gasteiger partial charge < -0.3 is 10.6 Å². The van der Waals surface area contributed by atoms with Crippen LogP contribution in [0.25, 0.3) is 16.7 Å². The molecule has 0 saturated carbocycles. The molecule has 1 amide bonds. The Morgan fingerprint density at radius 3 is 2.29 bits per heavy atom. The highest BCUT2D eigenvalue weighted by atomic mass is 16.1. The van der Waals surface area contributed by atoms with Gasteiger partial charge in [0, 0.05) is 49.5 Å². The van der Waals surface area contributed by atoms with Crippen LogP contribution in [0, 0.1) is 0 Å². The normalized spacial score (nSPS) is 10.8. The highest BCUT2D eigenvalue weighted by Gasteiger charge is 2.14. The van der Waals surface area contributed by atoms with Crippen molar-refractivity contribution in [1.29, 1.82) is 0 Å². The van der Waals surface area contributed by atoms with E-state index >= 15 is 0 Å². The van der Waals surface area contributed by atoms with Crippen molar-refractivity contribution in [2.45, 2.75) is 19.5 Å². The third kappa shape index (κ3) is 4.91. The van der Waals surface area contributed by atoms with E-state index in [2.05, 4.69) is 30.8 Å². The molecule has 168 valence electrons. The predicted octanol–water partition coefficient (Wildman–Crippen LogP) is 3.68. The molecule has 0 aliphatic heterocycles. The smallest absolute Gasteiger partial charge is 0.224 e. The Hall–Kier alpha value is -4.59. The first-order valence-electron chi connectivity index (χ1n) is 11.0. The van der Waals surface area contributed by atoms with E-state index < -0.39 is 0 Å². The van der Waals surface area contributed by atoms with Crippen molar-refractivity contribution in [1.82, 2.24) is 30.0 Å². The van der Waals surface area contributed by atoms with Crippen molar-refractivity contribution in [3.8, 4) is 5.82 Å². The average Bonchev–Trinajstić information content (AvgIpc) is 3.26. The number of benzene rings is 1. The number of carbonyl (C=O) groups is 1. The summed E-state index contributed by atoms with van der Waals surface area (Å²) < 4.78 is 1.97. The average molecular weight is 450 g/mol. The zero-order valence-electron chi connectivity index (χ0n) is 18.4. The molecule has 0 atom stereocenters. The molecule has 0 bridgehead atoms. The van der Waals surface area contributed by atoms with Gasteiger partial charge in [0.2, 0.25) is 5.91 Å². The van der Waals surface area contributed by atoms with E-state index in [4.69, 9.17) is 0 Å². The van der Waals surface area contributed by atoms with Gasteiger partial charge in [0.05, 0.1) is 11.9 Å². The standard InChI is InChI=1S/C26H23N7O/c34-26(30-17-20-6-4-12-28-15-20)13-21-18-33(23-8-2-1-7-22(21)23)25-10-9-24(31-32-25)29-16-19-5-3-11-27-14-19/h1-12,14-15,18H,13,16-17H2,(H,29,31)(H,30,34). The van der Waals surface area contributed by atoms with E-state index in [1.165, 1.54) is 0 Å². The highest BCUT2D eigenvalue weighted by Crippen LogP contribution is 2.24. The minimum Gasteiger partial charge on any atom is -0.364 e. The van der Waals surface area contributed by atoms with Crippen molar-refractivity contribution >= 4 is 22.6 Å². The Kier molecular flexibility index (Phi) is 6.20. The summed E-state index contributed by atoms with van der Waals surface area (Å²) in [7, 11) is 0. The Balaban J connectivity index is 1.31. The number of para-hydroxylation sites is 1. The van der Waals surface area contributed by atoms with E-state index in [0.29, 0.717) is 24.7 Å². The Morgan fingerprint density at radius 2 is 1.59 bits per heavy atom. The molecule has 5 rings (SSSR count). The second kappa shape index (κ2) is 9.91. The van der Waals surface area contributed by atoms with E-state index in [0.717, 1.165) is 27.6 Å². The summed E-state index contributed by atoms with van der Waals surface area (Å²) in [6, 6.07) is 19.5. The molecule has 4 aromatic heterocycles. The van der Waals surface area contributed by atoms with Crippen LogP contribution in [0.5, 0.6) is 0 Å². The maximum absolute atomic E-state index is 12.6. The number of fused-ring (bicyclic) bond motifs is 1. The van der Waals surface area contributed by atoms with Crippen LogP contribution in [-0.4, -0.2) is 30.6 Å². The van der Waals surface area contributed by atoms with Crippen molar-refractivity contribution in [2.24, 2.45) is 0 Å². The summed E-state index contributed by atoms with van der Waals surface area (Å²) in [5.41, 5.74) is 3.93. The first-order chi connectivity index (χ1) is 16.8. The van der Waals surface area contributed by atoms with E-state index in [-0.39, 0.29) is 12.3 Å². The lowest BCUT2D eigenvalue weighted by atomic mass is 10.1. The molecule has 0 fully saturated rings. The lowest BCUT2D eigenvalue weighted by molar-refractivity contribution is -0.120. The number of hydrogen-bond donors (Lipinski definition) is 2. The summed E-state index contributed by atoms with van der Waals surface area (Å²) in [5, 5.41) is 16.0. The van der Waals surface area contributed by atoms with Crippen LogP contribution in [0.15, 0.2) is 91.6 Å². The number of nitrogens with one attached hydrogen (secondary N) is 2. The minimum absolute atomic E-state index is 0.0483. The molecule has 8 heteroatoms. The van der Waals surface area contributed by atoms with Crippen LogP contribution < -0.4 is 10.6 Å². The van der Waals surface area contributed by atoms with Crippen LogP contribution in [0.3, 0.4) is 0 Å². The van der Waals surface area contributed by atoms with Crippen LogP contribution in [-0.2, 0) is 24.3 Å². The molecule has 1 aromatic carbocycles. The zero-order valence-corrected chi connectivity index (χ0v) is 18.4. The van der Waals surface area contributed by atoms with Gasteiger partial charge in [0.1, 0.15) is 5.82 Å². The molecule has 0 spiro atoms. The fraction of sp³-hybridized carbons (Fsp3) is 0.115. The van der Waals surface area contributed by atoms with Gasteiger partial charge in [-0.25, -0.2) is 0 Å². The van der Waals surface area contributed by atoms with Gasteiger partial charge in [-0.1, -0.05) is 30.3 Å². The quantitative estimate of drug-likeness (QED) is 0.375. The second-order valence-electron chi connectivity index (χ2n) is 7.85. The number of amides is 1. The van der Waals surface area contributed by atoms with Gasteiger partial charge in [0.15, 0.2) is 5.82 Å². The Bertz CT molecular complexity index is 1380. The van der Waals surface area contributed by atoms with Crippen molar-refractivity contribution in [3.05, 3.63) is 108 Å². The van der Waals surface area contributed by atoms with Gasteiger partial charge in [-0.15, -0.1) is 10.2 Å². The monoisotopic (exact) mass is 449 g/mol. The molecule has 0 saturated heterocycles. The van der Waals surface area contributed by atoms with Crippen molar-refractivity contribution in [3.63, 3.8) is 0 Å². The van der Waals surface area contributed by atoms with Gasteiger partial charge in [-0.3, -0.25) is 19.3 Å². The summed E-state index contributed by atoms with van der Waals surface area (Å²) in [6.07, 6.45) is 9.26. The molecule has 0 aliphatic rings. The van der Waals surface area contributed by atoms with Gasteiger partial charge in [-0.05, 0) is 47.0 Å². The van der Waals surface area contributed by atoms with Crippen molar-refractivity contribution in [2.75, 3.05) is 5.32 Å². The highest BCUT2D eigenvalue weighted by molar-refractivity contribution is 5.90. The maximum atomic E-state index is 12.6. The summed E-state index contributed by atoms with van der Waals surface area (Å²) in [5.74, 6) is 1.32. The molecule has 8 nitrogen and oxygen atoms in total. The fourth-order valence-electron chi connectivity index (χ4n) is 3.76. The summed E-state index contributed by atoms with van der Waals surface area (Å²) in [6.45, 7) is 1.07. The number of pyridine rings is 2. The molecule has 5 aromatic rings. The Labute approximate surface area is 196 Å². The molecular formula is C26H23N7O. The van der Waals surface area contributed by atoms with Crippen molar-refractivity contribution < 1.29 is 4.79 Å². The van der Waals surface area contributed by atoms with Crippen LogP contribution in [0.1, 0.15) is 16.7 Å². The summed E-state index contributed by atoms with van der Waals surface area (Å²) >= 11 is 0. The van der Waals surface area contributed by atoms with E-state index in [1.54, 1.807) is 18.6 Å². The zero-order chi connectivity index (χ0) is 23.2. The van der Waals surface area contributed by atoms with E-state index in [9.17, 15) is 4.79 Å². The molecule has 34 heavy (non-hydrogen) atoms. The molecule has 0 unspecified atom stereocenters. The third-order valence-corrected chi connectivity index (χ3v) is 5.45.